The van der Waals surface area contributed by atoms with Gasteiger partial charge in [-0.2, -0.15) is 0 Å². The molecule has 6 nitrogen and oxygen atoms in total. The smallest absolute Gasteiger partial charge is 0.305 e. The van der Waals surface area contributed by atoms with Crippen LogP contribution in [0, 0.1) is 0 Å². The molecule has 1 amide bonds. The van der Waals surface area contributed by atoms with E-state index in [0.717, 1.165) is 57.8 Å². The topological polar surface area (TPSA) is 95.9 Å². The summed E-state index contributed by atoms with van der Waals surface area (Å²) in [6.07, 6.45) is 74.2. The van der Waals surface area contributed by atoms with Crippen molar-refractivity contribution >= 4 is 11.9 Å². The molecule has 0 aliphatic rings. The zero-order valence-corrected chi connectivity index (χ0v) is 46.0. The number of hydrogen-bond acceptors (Lipinski definition) is 5. The zero-order chi connectivity index (χ0) is 50.0. The second-order valence-electron chi connectivity index (χ2n) is 20.7. The van der Waals surface area contributed by atoms with Gasteiger partial charge < -0.3 is 20.3 Å². The third-order valence-corrected chi connectivity index (χ3v) is 13.8. The Bertz CT molecular complexity index is 1160. The van der Waals surface area contributed by atoms with Crippen LogP contribution in [0.15, 0.2) is 48.6 Å². The van der Waals surface area contributed by atoms with Crippen LogP contribution in [0.3, 0.4) is 0 Å². The average molecular weight is 969 g/mol. The molecule has 0 aromatic carbocycles. The van der Waals surface area contributed by atoms with Gasteiger partial charge in [-0.3, -0.25) is 9.59 Å². The van der Waals surface area contributed by atoms with E-state index in [4.69, 9.17) is 4.74 Å². The van der Waals surface area contributed by atoms with Gasteiger partial charge in [0, 0.05) is 12.8 Å². The summed E-state index contributed by atoms with van der Waals surface area (Å²) in [5.41, 5.74) is 0. The number of nitrogens with one attached hydrogen (secondary N) is 1. The standard InChI is InChI=1S/C63H117NO5/c1-3-5-7-9-11-13-15-17-19-24-29-33-37-41-45-49-53-57-63(68)69-58-54-50-46-42-38-34-30-26-23-21-20-22-25-28-32-36-40-44-48-52-56-62(67)64-60(59-65)61(66)55-51-47-43-39-35-31-27-18-16-14-12-10-8-6-4-2/h11,13,17,19-20,22,51,55,60-61,65-66H,3-10,12,14-16,18,21,23-50,52-54,56-59H2,1-2H3,(H,64,67)/b13-11-,19-17-,22-20-,55-51+. The van der Waals surface area contributed by atoms with Crippen LogP contribution in [0.2, 0.25) is 0 Å². The summed E-state index contributed by atoms with van der Waals surface area (Å²) in [6, 6.07) is -0.635. The van der Waals surface area contributed by atoms with Crippen LogP contribution in [-0.2, 0) is 14.3 Å². The summed E-state index contributed by atoms with van der Waals surface area (Å²) in [5.74, 6) is -0.0790. The maximum atomic E-state index is 12.5. The van der Waals surface area contributed by atoms with Crippen molar-refractivity contribution in [2.45, 2.75) is 328 Å². The number of rotatable bonds is 56. The number of aliphatic hydroxyl groups is 2. The first-order valence-electron chi connectivity index (χ1n) is 30.4. The van der Waals surface area contributed by atoms with Gasteiger partial charge in [0.15, 0.2) is 0 Å². The van der Waals surface area contributed by atoms with Crippen molar-refractivity contribution in [3.8, 4) is 0 Å². The molecule has 0 saturated carbocycles. The molecule has 0 aromatic heterocycles. The van der Waals surface area contributed by atoms with Crippen molar-refractivity contribution in [2.75, 3.05) is 13.2 Å². The monoisotopic (exact) mass is 968 g/mol. The zero-order valence-electron chi connectivity index (χ0n) is 46.0. The SMILES string of the molecule is CCCCC/C=C\C/C=C\CCCCCCCCCC(=O)OCCCCCCCCCCC/C=C\CCCCCCCCCC(=O)NC(CO)C(O)/C=C/CCCCCCCCCCCCCCC. The van der Waals surface area contributed by atoms with E-state index in [9.17, 15) is 19.8 Å². The number of aliphatic hydroxyl groups excluding tert-OH is 2. The van der Waals surface area contributed by atoms with E-state index in [1.807, 2.05) is 6.08 Å². The molecular weight excluding hydrogens is 851 g/mol. The molecule has 0 aliphatic carbocycles. The lowest BCUT2D eigenvalue weighted by Crippen LogP contribution is -2.45. The van der Waals surface area contributed by atoms with Crippen molar-refractivity contribution in [3.05, 3.63) is 48.6 Å². The maximum Gasteiger partial charge on any atom is 0.305 e. The second kappa shape index (κ2) is 58.4. The first kappa shape index (κ1) is 66.8. The lowest BCUT2D eigenvalue weighted by Gasteiger charge is -2.20. The molecule has 2 atom stereocenters. The number of esters is 1. The highest BCUT2D eigenvalue weighted by Crippen LogP contribution is 2.16. The lowest BCUT2D eigenvalue weighted by molar-refractivity contribution is -0.143. The normalized spacial score (nSPS) is 12.9. The van der Waals surface area contributed by atoms with Gasteiger partial charge in [-0.1, -0.05) is 262 Å². The number of unbranched alkanes of at least 4 members (excludes halogenated alkanes) is 39. The van der Waals surface area contributed by atoms with Gasteiger partial charge in [-0.05, 0) is 89.9 Å². The molecule has 0 spiro atoms. The number of amides is 1. The molecule has 0 bridgehead atoms. The molecule has 0 rings (SSSR count). The first-order valence-corrected chi connectivity index (χ1v) is 30.4. The van der Waals surface area contributed by atoms with E-state index in [1.165, 1.54) is 231 Å². The Morgan fingerprint density at radius 3 is 1.14 bits per heavy atom. The average Bonchev–Trinajstić information content (AvgIpc) is 3.35. The van der Waals surface area contributed by atoms with Gasteiger partial charge in [-0.15, -0.1) is 0 Å². The predicted molar refractivity (Wildman–Crippen MR) is 301 cm³/mol. The Balaban J connectivity index is 3.46. The van der Waals surface area contributed by atoms with E-state index in [-0.39, 0.29) is 18.5 Å². The minimum Gasteiger partial charge on any atom is -0.466 e. The van der Waals surface area contributed by atoms with E-state index < -0.39 is 12.1 Å². The Morgan fingerprint density at radius 1 is 0.406 bits per heavy atom. The Hall–Kier alpha value is -2.18. The summed E-state index contributed by atoms with van der Waals surface area (Å²) in [6.45, 7) is 4.87. The maximum absolute atomic E-state index is 12.5. The summed E-state index contributed by atoms with van der Waals surface area (Å²) >= 11 is 0. The molecule has 0 aromatic rings. The van der Waals surface area contributed by atoms with Crippen molar-refractivity contribution in [2.24, 2.45) is 0 Å². The van der Waals surface area contributed by atoms with Gasteiger partial charge in [0.05, 0.1) is 25.4 Å². The van der Waals surface area contributed by atoms with E-state index in [2.05, 4.69) is 55.6 Å². The third-order valence-electron chi connectivity index (χ3n) is 13.8. The fourth-order valence-corrected chi connectivity index (χ4v) is 9.13. The molecular formula is C63H117NO5. The van der Waals surface area contributed by atoms with Crippen molar-refractivity contribution in [1.29, 1.82) is 0 Å². The number of allylic oxidation sites excluding steroid dienone is 7. The highest BCUT2D eigenvalue weighted by Gasteiger charge is 2.18. The first-order chi connectivity index (χ1) is 34.0. The molecule has 3 N–H and O–H groups in total. The van der Waals surface area contributed by atoms with Crippen LogP contribution in [0.1, 0.15) is 316 Å². The Kier molecular flexibility index (Phi) is 56.5. The minimum absolute atomic E-state index is 0.00256. The number of carbonyl (C=O) groups is 2. The van der Waals surface area contributed by atoms with Crippen LogP contribution >= 0.6 is 0 Å². The van der Waals surface area contributed by atoms with E-state index in [0.29, 0.717) is 19.4 Å². The van der Waals surface area contributed by atoms with E-state index >= 15 is 0 Å². The van der Waals surface area contributed by atoms with Gasteiger partial charge in [0.2, 0.25) is 5.91 Å². The van der Waals surface area contributed by atoms with Crippen molar-refractivity contribution in [1.82, 2.24) is 5.32 Å². The summed E-state index contributed by atoms with van der Waals surface area (Å²) in [4.78, 5) is 24.5. The van der Waals surface area contributed by atoms with Gasteiger partial charge >= 0.3 is 5.97 Å². The molecule has 404 valence electrons. The Labute approximate surface area is 429 Å². The minimum atomic E-state index is -0.851. The molecule has 0 heterocycles. The van der Waals surface area contributed by atoms with Gasteiger partial charge in [-0.25, -0.2) is 0 Å². The quantitative estimate of drug-likeness (QED) is 0.0321. The molecule has 0 aliphatic heterocycles. The lowest BCUT2D eigenvalue weighted by atomic mass is 10.0. The van der Waals surface area contributed by atoms with Crippen LogP contribution in [0.5, 0.6) is 0 Å². The van der Waals surface area contributed by atoms with Crippen LogP contribution in [-0.4, -0.2) is 47.4 Å². The summed E-state index contributed by atoms with van der Waals surface area (Å²) in [5, 5.41) is 23.1. The second-order valence-corrected chi connectivity index (χ2v) is 20.7. The highest BCUT2D eigenvalue weighted by atomic mass is 16.5. The molecule has 69 heavy (non-hydrogen) atoms. The molecule has 2 unspecified atom stereocenters. The summed E-state index contributed by atoms with van der Waals surface area (Å²) in [7, 11) is 0. The van der Waals surface area contributed by atoms with E-state index in [1.54, 1.807) is 6.08 Å². The summed E-state index contributed by atoms with van der Waals surface area (Å²) < 4.78 is 5.48. The number of hydrogen-bond donors (Lipinski definition) is 3. The Morgan fingerprint density at radius 2 is 0.725 bits per heavy atom. The van der Waals surface area contributed by atoms with Crippen molar-refractivity contribution < 1.29 is 24.5 Å². The van der Waals surface area contributed by atoms with Gasteiger partial charge in [0.1, 0.15) is 0 Å². The van der Waals surface area contributed by atoms with Crippen LogP contribution in [0.25, 0.3) is 0 Å². The molecule has 0 fully saturated rings. The van der Waals surface area contributed by atoms with Crippen molar-refractivity contribution in [3.63, 3.8) is 0 Å². The molecule has 0 saturated heterocycles. The van der Waals surface area contributed by atoms with Crippen LogP contribution < -0.4 is 5.32 Å². The predicted octanol–water partition coefficient (Wildman–Crippen LogP) is 19.0. The van der Waals surface area contributed by atoms with Gasteiger partial charge in [0.25, 0.3) is 0 Å². The molecule has 6 heteroatoms. The highest BCUT2D eigenvalue weighted by molar-refractivity contribution is 5.76. The van der Waals surface area contributed by atoms with Crippen LogP contribution in [0.4, 0.5) is 0 Å². The fourth-order valence-electron chi connectivity index (χ4n) is 9.13. The molecule has 0 radical (unpaired) electrons. The third kappa shape index (κ3) is 55.0. The fraction of sp³-hybridized carbons (Fsp3) is 0.841. The number of carbonyl (C=O) groups excluding carboxylic acids is 2. The largest absolute Gasteiger partial charge is 0.466 e. The number of ether oxygens (including phenoxy) is 1.